The van der Waals surface area contributed by atoms with Crippen LogP contribution in [0.5, 0.6) is 0 Å². The fourth-order valence-electron chi connectivity index (χ4n) is 1.58. The van der Waals surface area contributed by atoms with Gasteiger partial charge in [-0.15, -0.1) is 11.8 Å². The molecule has 1 heterocycles. The summed E-state index contributed by atoms with van der Waals surface area (Å²) in [6.07, 6.45) is 2.92. The van der Waals surface area contributed by atoms with E-state index in [1.165, 1.54) is 11.3 Å². The molecule has 0 bridgehead atoms. The molecule has 0 saturated heterocycles. The summed E-state index contributed by atoms with van der Waals surface area (Å²) in [7, 11) is 1.99. The summed E-state index contributed by atoms with van der Waals surface area (Å²) in [4.78, 5) is 0. The highest BCUT2D eigenvalue weighted by Gasteiger charge is 2.07. The molecule has 14 heavy (non-hydrogen) atoms. The largest absolute Gasteiger partial charge is 0.272 e. The molecule has 76 valence electrons. The van der Waals surface area contributed by atoms with Crippen molar-refractivity contribution in [1.82, 2.24) is 9.78 Å². The van der Waals surface area contributed by atoms with E-state index in [4.69, 9.17) is 0 Å². The summed E-state index contributed by atoms with van der Waals surface area (Å²) in [5.74, 6) is 6.25. The van der Waals surface area contributed by atoms with Crippen LogP contribution in [0.1, 0.15) is 36.7 Å². The van der Waals surface area contributed by atoms with Gasteiger partial charge in [-0.1, -0.05) is 6.92 Å². The number of aryl methyl sites for hydroxylation is 2. The number of aromatic nitrogens is 2. The molecule has 0 atom stereocenters. The number of rotatable bonds is 2. The van der Waals surface area contributed by atoms with Crippen LogP contribution < -0.4 is 0 Å². The van der Waals surface area contributed by atoms with Crippen molar-refractivity contribution >= 4 is 0 Å². The molecule has 1 aromatic rings. The zero-order valence-electron chi connectivity index (χ0n) is 9.52. The van der Waals surface area contributed by atoms with E-state index in [9.17, 15) is 0 Å². The molecule has 0 aromatic carbocycles. The Morgan fingerprint density at radius 1 is 1.29 bits per heavy atom. The van der Waals surface area contributed by atoms with Crippen molar-refractivity contribution in [3.63, 3.8) is 0 Å². The summed E-state index contributed by atoms with van der Waals surface area (Å²) in [6.45, 7) is 6.26. The average Bonchev–Trinajstić information content (AvgIpc) is 2.38. The van der Waals surface area contributed by atoms with Gasteiger partial charge < -0.3 is 0 Å². The molecular weight excluding hydrogens is 172 g/mol. The summed E-state index contributed by atoms with van der Waals surface area (Å²) in [5, 5.41) is 4.38. The van der Waals surface area contributed by atoms with Gasteiger partial charge in [0.05, 0.1) is 5.69 Å². The lowest BCUT2D eigenvalue weighted by Gasteiger charge is -1.97. The summed E-state index contributed by atoms with van der Waals surface area (Å²) < 4.78 is 1.94. The molecule has 2 heteroatoms. The minimum Gasteiger partial charge on any atom is -0.272 e. The Kier molecular flexibility index (Phi) is 3.76. The highest BCUT2D eigenvalue weighted by atomic mass is 15.3. The maximum absolute atomic E-state index is 4.38. The third-order valence-electron chi connectivity index (χ3n) is 2.46. The molecule has 0 radical (unpaired) electrons. The van der Waals surface area contributed by atoms with Crippen molar-refractivity contribution < 1.29 is 0 Å². The molecule has 1 rings (SSSR count). The maximum atomic E-state index is 4.38. The standard InChI is InChI=1S/C12H18N2/c1-5-6-7-8-9-12-10(2)13-14(4)11(12)3/h5,8-9H2,1-4H3. The van der Waals surface area contributed by atoms with Crippen LogP contribution in [0.2, 0.25) is 0 Å². The van der Waals surface area contributed by atoms with Gasteiger partial charge in [-0.25, -0.2) is 0 Å². The Morgan fingerprint density at radius 2 is 2.00 bits per heavy atom. The minimum atomic E-state index is 0.946. The van der Waals surface area contributed by atoms with Gasteiger partial charge in [0.2, 0.25) is 0 Å². The van der Waals surface area contributed by atoms with Crippen LogP contribution in [-0.2, 0) is 13.5 Å². The van der Waals surface area contributed by atoms with Gasteiger partial charge in [-0.2, -0.15) is 5.10 Å². The number of nitrogens with zero attached hydrogens (tertiary/aromatic N) is 2. The Bertz CT molecular complexity index is 364. The van der Waals surface area contributed by atoms with Crippen molar-refractivity contribution in [3.8, 4) is 11.8 Å². The van der Waals surface area contributed by atoms with Gasteiger partial charge in [0, 0.05) is 25.6 Å². The molecule has 2 nitrogen and oxygen atoms in total. The van der Waals surface area contributed by atoms with Gasteiger partial charge in [-0.3, -0.25) is 4.68 Å². The molecule has 1 aromatic heterocycles. The molecule has 0 spiro atoms. The van der Waals surface area contributed by atoms with E-state index in [1.807, 2.05) is 11.7 Å². The highest BCUT2D eigenvalue weighted by molar-refractivity contribution is 5.25. The molecule has 0 aliphatic rings. The number of hydrogen-bond donors (Lipinski definition) is 0. The molecule has 0 fully saturated rings. The van der Waals surface area contributed by atoms with Crippen LogP contribution in [0.3, 0.4) is 0 Å². The lowest BCUT2D eigenvalue weighted by molar-refractivity contribution is 0.730. The zero-order chi connectivity index (χ0) is 10.6. The zero-order valence-corrected chi connectivity index (χ0v) is 9.52. The average molecular weight is 190 g/mol. The van der Waals surface area contributed by atoms with Crippen LogP contribution in [0.15, 0.2) is 0 Å². The minimum absolute atomic E-state index is 0.946. The lowest BCUT2D eigenvalue weighted by Crippen LogP contribution is -1.93. The first-order valence-electron chi connectivity index (χ1n) is 5.11. The molecule has 0 aliphatic carbocycles. The van der Waals surface area contributed by atoms with E-state index in [-0.39, 0.29) is 0 Å². The van der Waals surface area contributed by atoms with Crippen molar-refractivity contribution in [2.45, 2.75) is 40.0 Å². The predicted octanol–water partition coefficient (Wildman–Crippen LogP) is 2.38. The lowest BCUT2D eigenvalue weighted by atomic mass is 10.1. The molecule has 0 saturated carbocycles. The van der Waals surface area contributed by atoms with Crippen molar-refractivity contribution in [1.29, 1.82) is 0 Å². The summed E-state index contributed by atoms with van der Waals surface area (Å²) in [5.41, 5.74) is 3.77. The molecule has 0 aliphatic heterocycles. The van der Waals surface area contributed by atoms with Crippen LogP contribution in [0, 0.1) is 25.7 Å². The van der Waals surface area contributed by atoms with E-state index < -0.39 is 0 Å². The van der Waals surface area contributed by atoms with Gasteiger partial charge in [0.1, 0.15) is 0 Å². The fraction of sp³-hybridized carbons (Fsp3) is 0.583. The monoisotopic (exact) mass is 190 g/mol. The second-order valence-corrected chi connectivity index (χ2v) is 3.48. The first-order chi connectivity index (χ1) is 6.66. The fourth-order valence-corrected chi connectivity index (χ4v) is 1.58. The Morgan fingerprint density at radius 3 is 2.50 bits per heavy atom. The highest BCUT2D eigenvalue weighted by Crippen LogP contribution is 2.13. The van der Waals surface area contributed by atoms with E-state index in [2.05, 4.69) is 37.7 Å². The Balaban J connectivity index is 2.67. The third-order valence-corrected chi connectivity index (χ3v) is 2.46. The van der Waals surface area contributed by atoms with Crippen LogP contribution in [-0.4, -0.2) is 9.78 Å². The van der Waals surface area contributed by atoms with Gasteiger partial charge in [0.25, 0.3) is 0 Å². The van der Waals surface area contributed by atoms with Gasteiger partial charge in [0.15, 0.2) is 0 Å². The van der Waals surface area contributed by atoms with E-state index in [0.29, 0.717) is 0 Å². The topological polar surface area (TPSA) is 17.8 Å². The quantitative estimate of drug-likeness (QED) is 0.655. The normalized spacial score (nSPS) is 9.71. The van der Waals surface area contributed by atoms with E-state index in [1.54, 1.807) is 0 Å². The van der Waals surface area contributed by atoms with Crippen molar-refractivity contribution in [2.75, 3.05) is 0 Å². The van der Waals surface area contributed by atoms with Crippen LogP contribution >= 0.6 is 0 Å². The first kappa shape index (κ1) is 10.8. The van der Waals surface area contributed by atoms with E-state index >= 15 is 0 Å². The number of hydrogen-bond acceptors (Lipinski definition) is 1. The Hall–Kier alpha value is -1.23. The molecule has 0 N–H and O–H groups in total. The third kappa shape index (κ3) is 2.38. The molecule has 0 amide bonds. The molecule has 0 unspecified atom stereocenters. The Labute approximate surface area is 86.3 Å². The van der Waals surface area contributed by atoms with Gasteiger partial charge >= 0.3 is 0 Å². The summed E-state index contributed by atoms with van der Waals surface area (Å²) in [6, 6.07) is 0. The van der Waals surface area contributed by atoms with Crippen molar-refractivity contribution in [2.24, 2.45) is 7.05 Å². The summed E-state index contributed by atoms with van der Waals surface area (Å²) >= 11 is 0. The maximum Gasteiger partial charge on any atom is 0.0628 e. The van der Waals surface area contributed by atoms with Crippen LogP contribution in [0.4, 0.5) is 0 Å². The first-order valence-corrected chi connectivity index (χ1v) is 5.11. The second kappa shape index (κ2) is 4.85. The van der Waals surface area contributed by atoms with Crippen molar-refractivity contribution in [3.05, 3.63) is 17.0 Å². The van der Waals surface area contributed by atoms with Crippen LogP contribution in [0.25, 0.3) is 0 Å². The van der Waals surface area contributed by atoms with Gasteiger partial charge in [-0.05, 0) is 25.8 Å². The molecular formula is C12H18N2. The smallest absolute Gasteiger partial charge is 0.0628 e. The van der Waals surface area contributed by atoms with E-state index in [0.717, 1.165) is 25.0 Å². The second-order valence-electron chi connectivity index (χ2n) is 3.48. The predicted molar refractivity (Wildman–Crippen MR) is 59.1 cm³/mol. The SMILES string of the molecule is CCC#CCCc1c(C)nn(C)c1C.